The molecule has 2 N–H and O–H groups in total. The van der Waals surface area contributed by atoms with Crippen molar-refractivity contribution in [3.8, 4) is 0 Å². The van der Waals surface area contributed by atoms with Gasteiger partial charge in [0, 0.05) is 6.54 Å². The molecule has 1 saturated heterocycles. The predicted molar refractivity (Wildman–Crippen MR) is 77.6 cm³/mol. The van der Waals surface area contributed by atoms with E-state index in [9.17, 15) is 0 Å². The molecule has 0 aromatic heterocycles. The fraction of sp³-hybridized carbons (Fsp3) is 0.923. The maximum absolute atomic E-state index is 5.41. The van der Waals surface area contributed by atoms with Gasteiger partial charge >= 0.3 is 0 Å². The Morgan fingerprint density at radius 2 is 2.06 bits per heavy atom. The number of unbranched alkanes of at least 4 members (excludes halogenated alkanes) is 1. The Hall–Kier alpha value is -0.350. The van der Waals surface area contributed by atoms with E-state index in [0.717, 1.165) is 24.5 Å². The normalized spacial score (nSPS) is 24.5. The first-order chi connectivity index (χ1) is 8.03. The maximum Gasteiger partial charge on any atom is 0.185 e. The third-order valence-electron chi connectivity index (χ3n) is 3.43. The van der Waals surface area contributed by atoms with Crippen molar-refractivity contribution >= 4 is 17.3 Å². The minimum Gasteiger partial charge on any atom is -0.342 e. The van der Waals surface area contributed by atoms with E-state index in [1.54, 1.807) is 0 Å². The van der Waals surface area contributed by atoms with Gasteiger partial charge in [-0.3, -0.25) is 5.01 Å². The third kappa shape index (κ3) is 4.11. The van der Waals surface area contributed by atoms with E-state index in [0.29, 0.717) is 5.92 Å². The van der Waals surface area contributed by atoms with Crippen molar-refractivity contribution in [1.29, 1.82) is 0 Å². The van der Waals surface area contributed by atoms with Crippen LogP contribution in [-0.2, 0) is 0 Å². The molecule has 0 saturated carbocycles. The predicted octanol–water partition coefficient (Wildman–Crippen LogP) is 3.02. The minimum absolute atomic E-state index is 0.00404. The van der Waals surface area contributed by atoms with Crippen molar-refractivity contribution in [3.05, 3.63) is 0 Å². The van der Waals surface area contributed by atoms with Crippen LogP contribution in [0.15, 0.2) is 0 Å². The zero-order valence-electron chi connectivity index (χ0n) is 11.7. The highest BCUT2D eigenvalue weighted by molar-refractivity contribution is 7.80. The molecule has 1 heterocycles. The van der Waals surface area contributed by atoms with E-state index in [-0.39, 0.29) is 5.66 Å². The van der Waals surface area contributed by atoms with Crippen LogP contribution in [0.1, 0.15) is 59.8 Å². The van der Waals surface area contributed by atoms with Crippen LogP contribution in [0, 0.1) is 5.92 Å². The van der Waals surface area contributed by atoms with E-state index in [1.807, 2.05) is 0 Å². The first-order valence-electron chi connectivity index (χ1n) is 6.90. The summed E-state index contributed by atoms with van der Waals surface area (Å²) in [5.41, 5.74) is 3.58. The summed E-state index contributed by atoms with van der Waals surface area (Å²) in [4.78, 5) is 0. The topological polar surface area (TPSA) is 27.3 Å². The van der Waals surface area contributed by atoms with Crippen molar-refractivity contribution in [3.63, 3.8) is 0 Å². The number of thiocarbonyl (C=S) groups is 1. The van der Waals surface area contributed by atoms with Crippen LogP contribution < -0.4 is 10.7 Å². The number of hydrogen-bond acceptors (Lipinski definition) is 2. The molecule has 100 valence electrons. The monoisotopic (exact) mass is 257 g/mol. The van der Waals surface area contributed by atoms with Gasteiger partial charge in [-0.15, -0.1) is 0 Å². The van der Waals surface area contributed by atoms with Gasteiger partial charge in [-0.25, -0.2) is 5.43 Å². The van der Waals surface area contributed by atoms with Crippen LogP contribution in [0.4, 0.5) is 0 Å². The van der Waals surface area contributed by atoms with Gasteiger partial charge in [-0.05, 0) is 43.8 Å². The van der Waals surface area contributed by atoms with Crippen molar-refractivity contribution in [1.82, 2.24) is 15.8 Å². The Bertz CT molecular complexity index is 255. The maximum atomic E-state index is 5.41. The standard InChI is InChI=1S/C13H27N3S/c1-5-7-9-13(6-2)14-12(17)16(15-13)10-8-11(3)4/h11,15H,5-10H2,1-4H3,(H,14,17). The quantitative estimate of drug-likeness (QED) is 0.686. The van der Waals surface area contributed by atoms with Crippen LogP contribution in [0.2, 0.25) is 0 Å². The van der Waals surface area contributed by atoms with Gasteiger partial charge in [0.15, 0.2) is 5.11 Å². The lowest BCUT2D eigenvalue weighted by molar-refractivity contribution is 0.189. The zero-order chi connectivity index (χ0) is 12.9. The Morgan fingerprint density at radius 1 is 1.35 bits per heavy atom. The second kappa shape index (κ2) is 6.55. The van der Waals surface area contributed by atoms with Crippen LogP contribution in [-0.4, -0.2) is 22.3 Å². The first-order valence-corrected chi connectivity index (χ1v) is 7.31. The van der Waals surface area contributed by atoms with Crippen LogP contribution in [0.5, 0.6) is 0 Å². The highest BCUT2D eigenvalue weighted by atomic mass is 32.1. The lowest BCUT2D eigenvalue weighted by atomic mass is 10.0. The fourth-order valence-corrected chi connectivity index (χ4v) is 2.43. The molecule has 1 rings (SSSR count). The molecular weight excluding hydrogens is 230 g/mol. The number of nitrogens with zero attached hydrogens (tertiary/aromatic N) is 1. The molecule has 1 atom stereocenters. The average molecular weight is 257 g/mol. The van der Waals surface area contributed by atoms with Gasteiger partial charge in [-0.2, -0.15) is 0 Å². The molecule has 0 bridgehead atoms. The lowest BCUT2D eigenvalue weighted by Gasteiger charge is -2.29. The van der Waals surface area contributed by atoms with Gasteiger partial charge in [0.1, 0.15) is 5.66 Å². The Labute approximate surface area is 111 Å². The Kier molecular flexibility index (Phi) is 5.67. The van der Waals surface area contributed by atoms with Crippen LogP contribution in [0.25, 0.3) is 0 Å². The smallest absolute Gasteiger partial charge is 0.185 e. The lowest BCUT2D eigenvalue weighted by Crippen LogP contribution is -2.50. The second-order valence-corrected chi connectivity index (χ2v) is 5.80. The molecular formula is C13H27N3S. The van der Waals surface area contributed by atoms with Gasteiger partial charge < -0.3 is 5.32 Å². The van der Waals surface area contributed by atoms with Crippen LogP contribution in [0.3, 0.4) is 0 Å². The largest absolute Gasteiger partial charge is 0.342 e. The van der Waals surface area contributed by atoms with Crippen molar-refractivity contribution < 1.29 is 0 Å². The van der Waals surface area contributed by atoms with E-state index in [4.69, 9.17) is 12.2 Å². The Balaban J connectivity index is 2.52. The highest BCUT2D eigenvalue weighted by Gasteiger charge is 2.37. The molecule has 0 spiro atoms. The number of nitrogens with one attached hydrogen (secondary N) is 2. The summed E-state index contributed by atoms with van der Waals surface area (Å²) in [5, 5.41) is 6.46. The zero-order valence-corrected chi connectivity index (χ0v) is 12.5. The highest BCUT2D eigenvalue weighted by Crippen LogP contribution is 2.21. The molecule has 0 aliphatic carbocycles. The molecule has 0 aromatic rings. The summed E-state index contributed by atoms with van der Waals surface area (Å²) in [5.74, 6) is 0.715. The minimum atomic E-state index is 0.00404. The summed E-state index contributed by atoms with van der Waals surface area (Å²) in [6, 6.07) is 0. The molecule has 0 aromatic carbocycles. The number of hydrazine groups is 1. The molecule has 1 fully saturated rings. The first kappa shape index (κ1) is 14.7. The SMILES string of the molecule is CCCCC1(CC)NC(=S)N(CCC(C)C)N1. The van der Waals surface area contributed by atoms with E-state index in [1.165, 1.54) is 19.3 Å². The summed E-state index contributed by atoms with van der Waals surface area (Å²) < 4.78 is 0. The van der Waals surface area contributed by atoms with E-state index >= 15 is 0 Å². The van der Waals surface area contributed by atoms with E-state index < -0.39 is 0 Å². The average Bonchev–Trinajstić information content (AvgIpc) is 2.61. The second-order valence-electron chi connectivity index (χ2n) is 5.42. The molecule has 1 unspecified atom stereocenters. The van der Waals surface area contributed by atoms with Gasteiger partial charge in [-0.1, -0.05) is 34.1 Å². The Morgan fingerprint density at radius 3 is 2.59 bits per heavy atom. The van der Waals surface area contributed by atoms with Crippen molar-refractivity contribution in [2.75, 3.05) is 6.54 Å². The summed E-state index contributed by atoms with van der Waals surface area (Å²) in [7, 11) is 0. The van der Waals surface area contributed by atoms with Gasteiger partial charge in [0.05, 0.1) is 0 Å². The molecule has 17 heavy (non-hydrogen) atoms. The third-order valence-corrected chi connectivity index (χ3v) is 3.75. The summed E-state index contributed by atoms with van der Waals surface area (Å²) >= 11 is 5.41. The summed E-state index contributed by atoms with van der Waals surface area (Å²) in [6.45, 7) is 9.93. The van der Waals surface area contributed by atoms with Gasteiger partial charge in [0.25, 0.3) is 0 Å². The van der Waals surface area contributed by atoms with Crippen molar-refractivity contribution in [2.45, 2.75) is 65.5 Å². The molecule has 0 amide bonds. The molecule has 3 nitrogen and oxygen atoms in total. The summed E-state index contributed by atoms with van der Waals surface area (Å²) in [6.07, 6.45) is 5.82. The molecule has 1 aliphatic heterocycles. The van der Waals surface area contributed by atoms with Gasteiger partial charge in [0.2, 0.25) is 0 Å². The molecule has 1 aliphatic rings. The molecule has 0 radical (unpaired) electrons. The fourth-order valence-electron chi connectivity index (χ4n) is 2.10. The number of rotatable bonds is 7. The molecule has 4 heteroatoms. The number of hydrogen-bond donors (Lipinski definition) is 2. The van der Waals surface area contributed by atoms with Crippen molar-refractivity contribution in [2.24, 2.45) is 5.92 Å². The van der Waals surface area contributed by atoms with Crippen LogP contribution >= 0.6 is 12.2 Å². The van der Waals surface area contributed by atoms with E-state index in [2.05, 4.69) is 43.4 Å².